The summed E-state index contributed by atoms with van der Waals surface area (Å²) in [5, 5.41) is 11.1. The highest BCUT2D eigenvalue weighted by atomic mass is 16.1. The van der Waals surface area contributed by atoms with Crippen LogP contribution in [0.3, 0.4) is 0 Å². The fourth-order valence-electron chi connectivity index (χ4n) is 1.66. The number of carbonyl (C=O) groups is 1. The minimum absolute atomic E-state index is 0.0500. The van der Waals surface area contributed by atoms with Gasteiger partial charge in [-0.2, -0.15) is 5.26 Å². The molecule has 0 heterocycles. The van der Waals surface area contributed by atoms with E-state index in [1.54, 1.807) is 0 Å². The van der Waals surface area contributed by atoms with E-state index in [9.17, 15) is 4.79 Å². The van der Waals surface area contributed by atoms with Crippen LogP contribution in [-0.4, -0.2) is 19.0 Å². The quantitative estimate of drug-likeness (QED) is 0.613. The first kappa shape index (κ1) is 14.9. The zero-order chi connectivity index (χ0) is 12.4. The Morgan fingerprint density at radius 1 is 1.50 bits per heavy atom. The number of nitrogens with two attached hydrogens (primary N) is 1. The normalized spacial score (nSPS) is 12.2. The summed E-state index contributed by atoms with van der Waals surface area (Å²) in [5.41, 5.74) is 5.62. The van der Waals surface area contributed by atoms with Crippen LogP contribution < -0.4 is 11.1 Å². The maximum absolute atomic E-state index is 11.5. The van der Waals surface area contributed by atoms with Gasteiger partial charge in [0, 0.05) is 19.4 Å². The Morgan fingerprint density at radius 2 is 2.19 bits per heavy atom. The average molecular weight is 225 g/mol. The van der Waals surface area contributed by atoms with E-state index in [2.05, 4.69) is 19.2 Å². The highest BCUT2D eigenvalue weighted by molar-refractivity contribution is 5.76. The minimum Gasteiger partial charge on any atom is -0.356 e. The van der Waals surface area contributed by atoms with E-state index in [-0.39, 0.29) is 11.8 Å². The molecule has 0 radical (unpaired) electrons. The maximum Gasteiger partial charge on any atom is 0.220 e. The summed E-state index contributed by atoms with van der Waals surface area (Å²) in [6.07, 6.45) is 2.70. The Morgan fingerprint density at radius 3 is 2.69 bits per heavy atom. The molecule has 0 aliphatic carbocycles. The highest BCUT2D eigenvalue weighted by Crippen LogP contribution is 2.13. The van der Waals surface area contributed by atoms with Gasteiger partial charge in [0.15, 0.2) is 0 Å². The maximum atomic E-state index is 11.5. The van der Waals surface area contributed by atoms with Crippen molar-refractivity contribution >= 4 is 5.91 Å². The van der Waals surface area contributed by atoms with Crippen molar-refractivity contribution in [1.29, 1.82) is 5.26 Å². The van der Waals surface area contributed by atoms with Crippen LogP contribution in [0.4, 0.5) is 0 Å². The van der Waals surface area contributed by atoms with Gasteiger partial charge in [-0.15, -0.1) is 0 Å². The molecule has 1 amide bonds. The third kappa shape index (κ3) is 8.25. The van der Waals surface area contributed by atoms with Crippen molar-refractivity contribution < 1.29 is 4.79 Å². The highest BCUT2D eigenvalue weighted by Gasteiger charge is 2.13. The second kappa shape index (κ2) is 9.17. The molecule has 0 bridgehead atoms. The van der Waals surface area contributed by atoms with Crippen LogP contribution in [0.15, 0.2) is 0 Å². The summed E-state index contributed by atoms with van der Waals surface area (Å²) in [7, 11) is 0. The van der Waals surface area contributed by atoms with E-state index >= 15 is 0 Å². The molecule has 16 heavy (non-hydrogen) atoms. The van der Waals surface area contributed by atoms with Gasteiger partial charge in [-0.3, -0.25) is 4.79 Å². The van der Waals surface area contributed by atoms with Gasteiger partial charge in [0.25, 0.3) is 0 Å². The lowest BCUT2D eigenvalue weighted by molar-refractivity contribution is -0.122. The second-order valence-electron chi connectivity index (χ2n) is 4.55. The molecule has 0 spiro atoms. The number of nitriles is 1. The Hall–Kier alpha value is -1.08. The summed E-state index contributed by atoms with van der Waals surface area (Å²) >= 11 is 0. The summed E-state index contributed by atoms with van der Waals surface area (Å²) in [6, 6.07) is 2.05. The van der Waals surface area contributed by atoms with Crippen molar-refractivity contribution in [3.8, 4) is 6.07 Å². The molecule has 0 aliphatic rings. The van der Waals surface area contributed by atoms with Gasteiger partial charge < -0.3 is 11.1 Å². The van der Waals surface area contributed by atoms with E-state index in [0.29, 0.717) is 31.8 Å². The van der Waals surface area contributed by atoms with Crippen LogP contribution in [-0.2, 0) is 4.79 Å². The Kier molecular flexibility index (Phi) is 8.55. The molecule has 0 aromatic heterocycles. The molecule has 0 unspecified atom stereocenters. The summed E-state index contributed by atoms with van der Waals surface area (Å²) in [4.78, 5) is 11.5. The predicted octanol–water partition coefficient (Wildman–Crippen LogP) is 1.42. The van der Waals surface area contributed by atoms with Gasteiger partial charge in [0.1, 0.15) is 0 Å². The lowest BCUT2D eigenvalue weighted by Crippen LogP contribution is -2.29. The average Bonchev–Trinajstić information content (AvgIpc) is 2.23. The number of rotatable bonds is 8. The molecule has 3 N–H and O–H groups in total. The van der Waals surface area contributed by atoms with Gasteiger partial charge in [-0.25, -0.2) is 0 Å². The topological polar surface area (TPSA) is 78.9 Å². The number of hydrogen-bond donors (Lipinski definition) is 2. The van der Waals surface area contributed by atoms with Gasteiger partial charge in [0.2, 0.25) is 5.91 Å². The monoisotopic (exact) mass is 225 g/mol. The summed E-state index contributed by atoms with van der Waals surface area (Å²) < 4.78 is 0. The standard InChI is InChI=1S/C12H23N3O/c1-10(2)7-11(9-14)8-12(16)15-6-4-3-5-13/h10-11H,3-4,6-9,14H2,1-2H3,(H,15,16)/t11-/m0/s1. The van der Waals surface area contributed by atoms with E-state index in [4.69, 9.17) is 11.0 Å². The van der Waals surface area contributed by atoms with Gasteiger partial charge >= 0.3 is 0 Å². The Bertz CT molecular complexity index is 233. The molecule has 0 aromatic rings. The number of amides is 1. The number of carbonyl (C=O) groups excluding carboxylic acids is 1. The molecular formula is C12H23N3O. The molecule has 0 aromatic carbocycles. The third-order valence-corrected chi connectivity index (χ3v) is 2.40. The van der Waals surface area contributed by atoms with Gasteiger partial charge in [-0.1, -0.05) is 13.8 Å². The first-order chi connectivity index (χ1) is 7.60. The Labute approximate surface area is 98.2 Å². The minimum atomic E-state index is 0.0500. The number of nitrogens with zero attached hydrogens (tertiary/aromatic N) is 1. The second-order valence-corrected chi connectivity index (χ2v) is 4.55. The zero-order valence-electron chi connectivity index (χ0n) is 10.3. The SMILES string of the molecule is CC(C)C[C@H](CN)CC(=O)NCCCC#N. The van der Waals surface area contributed by atoms with Crippen LogP contribution in [0.2, 0.25) is 0 Å². The number of hydrogen-bond acceptors (Lipinski definition) is 3. The van der Waals surface area contributed by atoms with Crippen molar-refractivity contribution in [3.63, 3.8) is 0 Å². The molecule has 92 valence electrons. The number of nitrogens with one attached hydrogen (secondary N) is 1. The fraction of sp³-hybridized carbons (Fsp3) is 0.833. The number of unbranched alkanes of at least 4 members (excludes halogenated alkanes) is 1. The van der Waals surface area contributed by atoms with Crippen molar-refractivity contribution in [3.05, 3.63) is 0 Å². The smallest absolute Gasteiger partial charge is 0.220 e. The largest absolute Gasteiger partial charge is 0.356 e. The third-order valence-electron chi connectivity index (χ3n) is 2.40. The van der Waals surface area contributed by atoms with Crippen molar-refractivity contribution in [2.24, 2.45) is 17.6 Å². The molecule has 0 aliphatic heterocycles. The van der Waals surface area contributed by atoms with Crippen molar-refractivity contribution in [1.82, 2.24) is 5.32 Å². The van der Waals surface area contributed by atoms with Crippen LogP contribution in [0.25, 0.3) is 0 Å². The molecule has 1 atom stereocenters. The molecular weight excluding hydrogens is 202 g/mol. The fourth-order valence-corrected chi connectivity index (χ4v) is 1.66. The molecule has 0 rings (SSSR count). The van der Waals surface area contributed by atoms with E-state index in [1.807, 2.05) is 6.07 Å². The van der Waals surface area contributed by atoms with E-state index < -0.39 is 0 Å². The van der Waals surface area contributed by atoms with Crippen LogP contribution >= 0.6 is 0 Å². The molecule has 0 saturated heterocycles. The summed E-state index contributed by atoms with van der Waals surface area (Å²) in [6.45, 7) is 5.41. The van der Waals surface area contributed by atoms with Crippen molar-refractivity contribution in [2.45, 2.75) is 39.5 Å². The van der Waals surface area contributed by atoms with Crippen molar-refractivity contribution in [2.75, 3.05) is 13.1 Å². The Balaban J connectivity index is 3.71. The first-order valence-electron chi connectivity index (χ1n) is 5.93. The molecule has 4 heteroatoms. The van der Waals surface area contributed by atoms with Crippen LogP contribution in [0, 0.1) is 23.2 Å². The first-order valence-corrected chi connectivity index (χ1v) is 5.93. The zero-order valence-corrected chi connectivity index (χ0v) is 10.3. The molecule has 0 saturated carbocycles. The van der Waals surface area contributed by atoms with Crippen LogP contribution in [0.5, 0.6) is 0 Å². The molecule has 0 fully saturated rings. The van der Waals surface area contributed by atoms with Gasteiger partial charge in [-0.05, 0) is 31.2 Å². The van der Waals surface area contributed by atoms with Gasteiger partial charge in [0.05, 0.1) is 6.07 Å². The predicted molar refractivity (Wildman–Crippen MR) is 64.5 cm³/mol. The lowest BCUT2D eigenvalue weighted by atomic mass is 9.94. The lowest BCUT2D eigenvalue weighted by Gasteiger charge is -2.16. The summed E-state index contributed by atoms with van der Waals surface area (Å²) in [5.74, 6) is 0.893. The van der Waals surface area contributed by atoms with E-state index in [1.165, 1.54) is 0 Å². The van der Waals surface area contributed by atoms with E-state index in [0.717, 1.165) is 12.8 Å². The van der Waals surface area contributed by atoms with Crippen LogP contribution in [0.1, 0.15) is 39.5 Å². The molecule has 4 nitrogen and oxygen atoms in total.